The maximum atomic E-state index is 13.4. The predicted octanol–water partition coefficient (Wildman–Crippen LogP) is -1.41. The molecular weight excluding hydrogens is 486 g/mol. The molecule has 3 amide bonds. The van der Waals surface area contributed by atoms with E-state index < -0.39 is 47.9 Å². The number of guanidine groups is 1. The van der Waals surface area contributed by atoms with Crippen LogP contribution < -0.4 is 27.8 Å². The van der Waals surface area contributed by atoms with Gasteiger partial charge < -0.3 is 37.8 Å². The van der Waals surface area contributed by atoms with E-state index >= 15 is 0 Å². The molecule has 4 unspecified atom stereocenters. The zero-order valence-electron chi connectivity index (χ0n) is 20.0. The molecule has 1 aromatic rings. The largest absolute Gasteiger partial charge is 0.480 e. The molecule has 198 valence electrons. The summed E-state index contributed by atoms with van der Waals surface area (Å²) in [7, 11) is 0. The van der Waals surface area contributed by atoms with Crippen LogP contribution in [-0.2, 0) is 25.6 Å². The number of hydrogen-bond donors (Lipinski definition) is 7. The highest BCUT2D eigenvalue weighted by molar-refractivity contribution is 7.80. The number of carbonyl (C=O) groups is 4. The Bertz CT molecular complexity index is 942. The van der Waals surface area contributed by atoms with E-state index in [0.29, 0.717) is 25.8 Å². The topological polar surface area (TPSA) is 206 Å². The van der Waals surface area contributed by atoms with Gasteiger partial charge in [-0.15, -0.1) is 0 Å². The average molecular weight is 522 g/mol. The van der Waals surface area contributed by atoms with Crippen LogP contribution in [0.4, 0.5) is 0 Å². The van der Waals surface area contributed by atoms with Crippen LogP contribution in [0.25, 0.3) is 0 Å². The van der Waals surface area contributed by atoms with Crippen LogP contribution in [0.1, 0.15) is 31.2 Å². The summed E-state index contributed by atoms with van der Waals surface area (Å²) in [5, 5.41) is 14.8. The number of amides is 3. The highest BCUT2D eigenvalue weighted by Crippen LogP contribution is 2.20. The normalized spacial score (nSPS) is 17.5. The maximum absolute atomic E-state index is 13.4. The highest BCUT2D eigenvalue weighted by Gasteiger charge is 2.39. The van der Waals surface area contributed by atoms with Crippen LogP contribution in [0.3, 0.4) is 0 Å². The minimum absolute atomic E-state index is 0.0845. The van der Waals surface area contributed by atoms with Gasteiger partial charge in [-0.05, 0) is 31.2 Å². The fourth-order valence-corrected chi connectivity index (χ4v) is 4.11. The molecule has 1 fully saturated rings. The monoisotopic (exact) mass is 521 g/mol. The standard InChI is InChI=1S/C23H35N7O5S/c24-15(13-36)19(31)28-16(8-4-10-27-23(25)26)21(33)30-11-5-9-18(30)20(32)29-17(22(34)35)12-14-6-2-1-3-7-14/h1-3,6-7,15-18,36H,4-5,8-13,24H2,(H,28,31)(H,29,32)(H,34,35)(H4,25,26,27). The van der Waals surface area contributed by atoms with E-state index in [-0.39, 0.29) is 31.1 Å². The summed E-state index contributed by atoms with van der Waals surface area (Å²) < 4.78 is 0. The van der Waals surface area contributed by atoms with Crippen molar-refractivity contribution >= 4 is 42.3 Å². The fourth-order valence-electron chi connectivity index (χ4n) is 3.94. The van der Waals surface area contributed by atoms with E-state index in [1.165, 1.54) is 4.90 Å². The third-order valence-corrected chi connectivity index (χ3v) is 6.22. The number of carboxylic acid groups (broad SMARTS) is 1. The Balaban J connectivity index is 2.12. The molecule has 0 bridgehead atoms. The smallest absolute Gasteiger partial charge is 0.326 e. The lowest BCUT2D eigenvalue weighted by Crippen LogP contribution is -2.57. The third kappa shape index (κ3) is 8.72. The Morgan fingerprint density at radius 1 is 1.14 bits per heavy atom. The molecule has 1 aromatic carbocycles. The van der Waals surface area contributed by atoms with Crippen LogP contribution in [0.15, 0.2) is 35.3 Å². The molecule has 1 saturated heterocycles. The van der Waals surface area contributed by atoms with Crippen LogP contribution in [0, 0.1) is 0 Å². The van der Waals surface area contributed by atoms with Crippen molar-refractivity contribution in [3.05, 3.63) is 35.9 Å². The van der Waals surface area contributed by atoms with Crippen molar-refractivity contribution in [2.45, 2.75) is 56.3 Å². The van der Waals surface area contributed by atoms with Crippen molar-refractivity contribution in [3.8, 4) is 0 Å². The number of benzene rings is 1. The summed E-state index contributed by atoms with van der Waals surface area (Å²) in [5.41, 5.74) is 17.2. The number of rotatable bonds is 13. The zero-order valence-corrected chi connectivity index (χ0v) is 20.9. The highest BCUT2D eigenvalue weighted by atomic mass is 32.1. The summed E-state index contributed by atoms with van der Waals surface area (Å²) in [6, 6.07) is 5.07. The van der Waals surface area contributed by atoms with Gasteiger partial charge in [-0.3, -0.25) is 19.4 Å². The Morgan fingerprint density at radius 2 is 1.83 bits per heavy atom. The van der Waals surface area contributed by atoms with Crippen molar-refractivity contribution in [2.75, 3.05) is 18.8 Å². The van der Waals surface area contributed by atoms with Crippen molar-refractivity contribution in [1.29, 1.82) is 0 Å². The first kappa shape index (κ1) is 28.9. The molecule has 0 radical (unpaired) electrons. The maximum Gasteiger partial charge on any atom is 0.326 e. The van der Waals surface area contributed by atoms with Crippen molar-refractivity contribution in [3.63, 3.8) is 0 Å². The third-order valence-electron chi connectivity index (χ3n) is 5.83. The molecule has 0 spiro atoms. The molecule has 4 atom stereocenters. The average Bonchev–Trinajstić information content (AvgIpc) is 3.35. The van der Waals surface area contributed by atoms with Crippen LogP contribution in [0.5, 0.6) is 0 Å². The molecule has 12 nitrogen and oxygen atoms in total. The second kappa shape index (κ2) is 14.3. The van der Waals surface area contributed by atoms with Gasteiger partial charge in [-0.1, -0.05) is 30.3 Å². The second-order valence-corrected chi connectivity index (χ2v) is 8.94. The molecule has 0 aliphatic carbocycles. The number of carbonyl (C=O) groups excluding carboxylic acids is 3. The molecule has 1 heterocycles. The summed E-state index contributed by atoms with van der Waals surface area (Å²) in [4.78, 5) is 55.9. The van der Waals surface area contributed by atoms with Gasteiger partial charge in [0.25, 0.3) is 0 Å². The van der Waals surface area contributed by atoms with Crippen LogP contribution in [-0.4, -0.2) is 82.7 Å². The molecule has 36 heavy (non-hydrogen) atoms. The minimum atomic E-state index is -1.17. The van der Waals surface area contributed by atoms with Crippen LogP contribution in [0.2, 0.25) is 0 Å². The number of carboxylic acids is 1. The van der Waals surface area contributed by atoms with Gasteiger partial charge in [0.1, 0.15) is 18.1 Å². The van der Waals surface area contributed by atoms with Gasteiger partial charge in [0.05, 0.1) is 6.04 Å². The van der Waals surface area contributed by atoms with E-state index in [1.54, 1.807) is 24.3 Å². The Kier molecular flexibility index (Phi) is 11.5. The van der Waals surface area contributed by atoms with Gasteiger partial charge in [0, 0.05) is 25.3 Å². The lowest BCUT2D eigenvalue weighted by atomic mass is 10.0. The Hall–Kier alpha value is -3.32. The van der Waals surface area contributed by atoms with Crippen molar-refractivity contribution in [2.24, 2.45) is 22.2 Å². The number of nitrogens with zero attached hydrogens (tertiary/aromatic N) is 2. The number of aliphatic imine (C=N–C) groups is 1. The number of nitrogens with one attached hydrogen (secondary N) is 2. The number of aliphatic carboxylic acids is 1. The Labute approximate surface area is 215 Å². The summed E-state index contributed by atoms with van der Waals surface area (Å²) in [6.07, 6.45) is 1.66. The molecular formula is C23H35N7O5S. The minimum Gasteiger partial charge on any atom is -0.480 e. The van der Waals surface area contributed by atoms with Gasteiger partial charge in [0.2, 0.25) is 17.7 Å². The molecule has 13 heteroatoms. The first-order chi connectivity index (χ1) is 17.1. The van der Waals surface area contributed by atoms with Gasteiger partial charge in [-0.25, -0.2) is 4.79 Å². The quantitative estimate of drug-likeness (QED) is 0.0708. The lowest BCUT2D eigenvalue weighted by Gasteiger charge is -2.30. The number of hydrogen-bond acceptors (Lipinski definition) is 7. The van der Waals surface area contributed by atoms with Crippen molar-refractivity contribution < 1.29 is 24.3 Å². The van der Waals surface area contributed by atoms with Crippen LogP contribution >= 0.6 is 12.6 Å². The second-order valence-electron chi connectivity index (χ2n) is 8.58. The molecule has 2 rings (SSSR count). The first-order valence-corrected chi connectivity index (χ1v) is 12.4. The van der Waals surface area contributed by atoms with Gasteiger partial charge in [0.15, 0.2) is 5.96 Å². The van der Waals surface area contributed by atoms with E-state index in [0.717, 1.165) is 5.56 Å². The van der Waals surface area contributed by atoms with E-state index in [4.69, 9.17) is 17.2 Å². The fraction of sp³-hybridized carbons (Fsp3) is 0.522. The molecule has 9 N–H and O–H groups in total. The van der Waals surface area contributed by atoms with E-state index in [2.05, 4.69) is 28.3 Å². The summed E-state index contributed by atoms with van der Waals surface area (Å²) in [5.74, 6) is -2.71. The van der Waals surface area contributed by atoms with E-state index in [9.17, 15) is 24.3 Å². The summed E-state index contributed by atoms with van der Waals surface area (Å²) >= 11 is 4.02. The van der Waals surface area contributed by atoms with Crippen molar-refractivity contribution in [1.82, 2.24) is 15.5 Å². The van der Waals surface area contributed by atoms with E-state index in [1.807, 2.05) is 6.07 Å². The predicted molar refractivity (Wildman–Crippen MR) is 138 cm³/mol. The Morgan fingerprint density at radius 3 is 2.44 bits per heavy atom. The zero-order chi connectivity index (χ0) is 26.7. The number of thiol groups is 1. The molecule has 1 aliphatic rings. The molecule has 1 aliphatic heterocycles. The SMILES string of the molecule is NC(N)=NCCCC(NC(=O)C(N)CS)C(=O)N1CCCC1C(=O)NC(Cc1ccccc1)C(=O)O. The molecule has 0 aromatic heterocycles. The molecule has 0 saturated carbocycles. The van der Waals surface area contributed by atoms with Gasteiger partial charge >= 0.3 is 5.97 Å². The van der Waals surface area contributed by atoms with Gasteiger partial charge in [-0.2, -0.15) is 12.6 Å². The lowest BCUT2D eigenvalue weighted by molar-refractivity contribution is -0.145. The summed E-state index contributed by atoms with van der Waals surface area (Å²) in [6.45, 7) is 0.552. The first-order valence-electron chi connectivity index (χ1n) is 11.7. The number of nitrogens with two attached hydrogens (primary N) is 3. The number of likely N-dealkylation sites (tertiary alicyclic amines) is 1.